The topological polar surface area (TPSA) is 44.0 Å². The number of nitrogens with zero attached hydrogens (tertiary/aromatic N) is 2. The van der Waals surface area contributed by atoms with Crippen LogP contribution < -0.4 is 11.1 Å². The summed E-state index contributed by atoms with van der Waals surface area (Å²) in [5.41, 5.74) is -1.50. The number of aromatic nitrogens is 2. The van der Waals surface area contributed by atoms with E-state index in [1.54, 1.807) is 24.3 Å². The lowest BCUT2D eigenvalue weighted by molar-refractivity contribution is -0.141. The van der Waals surface area contributed by atoms with Crippen molar-refractivity contribution in [1.82, 2.24) is 9.13 Å². The van der Waals surface area contributed by atoms with Gasteiger partial charge in [0.1, 0.15) is 6.54 Å². The Morgan fingerprint density at radius 2 is 1.48 bits per heavy atom. The first-order valence-electron chi connectivity index (χ1n) is 5.87. The van der Waals surface area contributed by atoms with Gasteiger partial charge in [-0.25, -0.2) is 0 Å². The molecule has 0 radical (unpaired) electrons. The number of hydrogen-bond acceptors (Lipinski definition) is 2. The molecule has 0 atom stereocenters. The van der Waals surface area contributed by atoms with Crippen molar-refractivity contribution in [2.24, 2.45) is 0 Å². The standard InChI is InChI=1S/C13H10ClF3N2O2/c14-10-3-1-9(2-4-10)7-18-5-6-19(8-13(15,16)17)12(21)11(18)20/h1-6H,7-8H2. The van der Waals surface area contributed by atoms with Gasteiger partial charge in [-0.15, -0.1) is 0 Å². The van der Waals surface area contributed by atoms with Crippen molar-refractivity contribution < 1.29 is 13.2 Å². The van der Waals surface area contributed by atoms with Gasteiger partial charge >= 0.3 is 17.3 Å². The SMILES string of the molecule is O=c1c(=O)n(CC(F)(F)F)ccn1Cc1ccc(Cl)cc1. The van der Waals surface area contributed by atoms with Crippen molar-refractivity contribution in [1.29, 1.82) is 0 Å². The number of alkyl halides is 3. The van der Waals surface area contributed by atoms with Crippen LogP contribution in [0.4, 0.5) is 13.2 Å². The number of benzene rings is 1. The molecular weight excluding hydrogens is 309 g/mol. The highest BCUT2D eigenvalue weighted by Gasteiger charge is 2.28. The summed E-state index contributed by atoms with van der Waals surface area (Å²) in [6, 6.07) is 6.56. The Balaban J connectivity index is 2.31. The lowest BCUT2D eigenvalue weighted by Gasteiger charge is -2.11. The highest BCUT2D eigenvalue weighted by atomic mass is 35.5. The second kappa shape index (κ2) is 5.77. The van der Waals surface area contributed by atoms with Gasteiger partial charge in [-0.05, 0) is 17.7 Å². The maximum atomic E-state index is 12.3. The van der Waals surface area contributed by atoms with E-state index in [1.165, 1.54) is 0 Å². The third-order valence-corrected chi connectivity index (χ3v) is 3.00. The monoisotopic (exact) mass is 318 g/mol. The van der Waals surface area contributed by atoms with Gasteiger partial charge in [0.25, 0.3) is 0 Å². The molecule has 0 spiro atoms. The van der Waals surface area contributed by atoms with Gasteiger partial charge < -0.3 is 9.13 Å². The highest BCUT2D eigenvalue weighted by molar-refractivity contribution is 6.30. The van der Waals surface area contributed by atoms with Crippen LogP contribution >= 0.6 is 11.6 Å². The smallest absolute Gasteiger partial charge is 0.305 e. The number of hydrogen-bond donors (Lipinski definition) is 0. The second-order valence-corrected chi connectivity index (χ2v) is 4.84. The van der Waals surface area contributed by atoms with E-state index in [9.17, 15) is 22.8 Å². The molecule has 8 heteroatoms. The van der Waals surface area contributed by atoms with Crippen LogP contribution in [0.25, 0.3) is 0 Å². The first kappa shape index (κ1) is 15.4. The predicted molar refractivity (Wildman–Crippen MR) is 71.6 cm³/mol. The summed E-state index contributed by atoms with van der Waals surface area (Å²) in [5, 5.41) is 0.520. The molecular formula is C13H10ClF3N2O2. The molecule has 4 nitrogen and oxygen atoms in total. The molecule has 21 heavy (non-hydrogen) atoms. The van der Waals surface area contributed by atoms with Crippen molar-refractivity contribution in [3.8, 4) is 0 Å². The van der Waals surface area contributed by atoms with E-state index in [1.807, 2.05) is 0 Å². The van der Waals surface area contributed by atoms with Crippen molar-refractivity contribution in [3.63, 3.8) is 0 Å². The Hall–Kier alpha value is -2.02. The van der Waals surface area contributed by atoms with E-state index in [0.29, 0.717) is 15.2 Å². The fourth-order valence-electron chi connectivity index (χ4n) is 1.77. The molecule has 0 fully saturated rings. The summed E-state index contributed by atoms with van der Waals surface area (Å²) < 4.78 is 38.2. The van der Waals surface area contributed by atoms with Gasteiger partial charge in [0.2, 0.25) is 0 Å². The van der Waals surface area contributed by atoms with E-state index in [2.05, 4.69) is 0 Å². The fraction of sp³-hybridized carbons (Fsp3) is 0.231. The third kappa shape index (κ3) is 3.98. The summed E-state index contributed by atoms with van der Waals surface area (Å²) in [4.78, 5) is 23.4. The van der Waals surface area contributed by atoms with Gasteiger partial charge in [-0.2, -0.15) is 13.2 Å². The fourth-order valence-corrected chi connectivity index (χ4v) is 1.90. The van der Waals surface area contributed by atoms with Crippen LogP contribution in [-0.2, 0) is 13.1 Å². The molecule has 112 valence electrons. The summed E-state index contributed by atoms with van der Waals surface area (Å²) >= 11 is 5.73. The van der Waals surface area contributed by atoms with Gasteiger partial charge in [-0.3, -0.25) is 9.59 Å². The van der Waals surface area contributed by atoms with Crippen molar-refractivity contribution in [2.45, 2.75) is 19.3 Å². The van der Waals surface area contributed by atoms with Crippen LogP contribution in [0.1, 0.15) is 5.56 Å². The van der Waals surface area contributed by atoms with Gasteiger partial charge in [0, 0.05) is 17.4 Å². The minimum atomic E-state index is -4.56. The van der Waals surface area contributed by atoms with Crippen LogP contribution in [0.15, 0.2) is 46.2 Å². The van der Waals surface area contributed by atoms with E-state index >= 15 is 0 Å². The lowest BCUT2D eigenvalue weighted by atomic mass is 10.2. The first-order chi connectivity index (χ1) is 9.76. The molecule has 0 bridgehead atoms. The minimum Gasteiger partial charge on any atom is -0.305 e. The average Bonchev–Trinajstić information content (AvgIpc) is 2.39. The molecule has 1 heterocycles. The van der Waals surface area contributed by atoms with E-state index in [0.717, 1.165) is 17.0 Å². The lowest BCUT2D eigenvalue weighted by Crippen LogP contribution is -2.42. The quantitative estimate of drug-likeness (QED) is 0.815. The summed E-state index contributed by atoms with van der Waals surface area (Å²) in [7, 11) is 0. The Bertz CT molecular complexity index is 748. The van der Waals surface area contributed by atoms with E-state index in [-0.39, 0.29) is 6.54 Å². The molecule has 0 unspecified atom stereocenters. The van der Waals surface area contributed by atoms with Gasteiger partial charge in [0.05, 0.1) is 6.54 Å². The predicted octanol–water partition coefficient (Wildman–Crippen LogP) is 2.27. The number of rotatable bonds is 3. The van der Waals surface area contributed by atoms with Crippen LogP contribution in [0.2, 0.25) is 5.02 Å². The maximum absolute atomic E-state index is 12.3. The van der Waals surface area contributed by atoms with E-state index < -0.39 is 23.8 Å². The largest absolute Gasteiger partial charge is 0.406 e. The second-order valence-electron chi connectivity index (χ2n) is 4.41. The Labute approximate surface area is 122 Å². The summed E-state index contributed by atoms with van der Waals surface area (Å²) in [6.45, 7) is -1.40. The molecule has 0 amide bonds. The van der Waals surface area contributed by atoms with Crippen molar-refractivity contribution in [2.75, 3.05) is 0 Å². The van der Waals surface area contributed by atoms with Crippen molar-refractivity contribution in [3.05, 3.63) is 68.0 Å². The zero-order valence-corrected chi connectivity index (χ0v) is 11.4. The molecule has 1 aromatic carbocycles. The average molecular weight is 319 g/mol. The Morgan fingerprint density at radius 1 is 0.952 bits per heavy atom. The zero-order chi connectivity index (χ0) is 15.6. The molecule has 0 saturated heterocycles. The van der Waals surface area contributed by atoms with Crippen LogP contribution in [0.3, 0.4) is 0 Å². The molecule has 0 aliphatic heterocycles. The molecule has 2 rings (SSSR count). The maximum Gasteiger partial charge on any atom is 0.406 e. The molecule has 0 aliphatic carbocycles. The molecule has 2 aromatic rings. The van der Waals surface area contributed by atoms with Crippen LogP contribution in [0, 0.1) is 0 Å². The third-order valence-electron chi connectivity index (χ3n) is 2.75. The molecule has 0 aliphatic rings. The van der Waals surface area contributed by atoms with Gasteiger partial charge in [0.15, 0.2) is 0 Å². The normalized spacial score (nSPS) is 11.6. The van der Waals surface area contributed by atoms with Crippen molar-refractivity contribution >= 4 is 11.6 Å². The summed E-state index contributed by atoms with van der Waals surface area (Å²) in [5.74, 6) is 0. The number of halogens is 4. The molecule has 0 N–H and O–H groups in total. The minimum absolute atomic E-state index is 0.0814. The molecule has 0 saturated carbocycles. The first-order valence-corrected chi connectivity index (χ1v) is 6.25. The van der Waals surface area contributed by atoms with Gasteiger partial charge in [-0.1, -0.05) is 23.7 Å². The Kier molecular flexibility index (Phi) is 4.22. The van der Waals surface area contributed by atoms with Crippen LogP contribution in [-0.4, -0.2) is 15.3 Å². The zero-order valence-electron chi connectivity index (χ0n) is 10.6. The van der Waals surface area contributed by atoms with Crippen LogP contribution in [0.5, 0.6) is 0 Å². The molecule has 1 aromatic heterocycles. The Morgan fingerprint density at radius 3 is 2.05 bits per heavy atom. The summed E-state index contributed by atoms with van der Waals surface area (Å²) in [6.07, 6.45) is -2.45. The van der Waals surface area contributed by atoms with E-state index in [4.69, 9.17) is 11.6 Å². The highest BCUT2D eigenvalue weighted by Crippen LogP contribution is 2.15.